The highest BCUT2D eigenvalue weighted by Crippen LogP contribution is 2.25. The SMILES string of the molecule is CC1CC(C)N(C(=O)Nc2cc(Cl)cc(Cl)c2)C1. The highest BCUT2D eigenvalue weighted by atomic mass is 35.5. The maximum Gasteiger partial charge on any atom is 0.322 e. The van der Waals surface area contributed by atoms with Gasteiger partial charge in [-0.05, 0) is 37.5 Å². The predicted molar refractivity (Wildman–Crippen MR) is 75.4 cm³/mol. The molecule has 2 rings (SSSR count). The summed E-state index contributed by atoms with van der Waals surface area (Å²) in [6, 6.07) is 5.20. The Kier molecular flexibility index (Phi) is 4.03. The first kappa shape index (κ1) is 13.5. The summed E-state index contributed by atoms with van der Waals surface area (Å²) in [5, 5.41) is 3.86. The standard InChI is InChI=1S/C13H16Cl2N2O/c1-8-3-9(2)17(7-8)13(18)16-12-5-10(14)4-11(15)6-12/h4-6,8-9H,3,7H2,1-2H3,(H,16,18). The summed E-state index contributed by atoms with van der Waals surface area (Å²) in [5.41, 5.74) is 0.629. The molecule has 1 aliphatic rings. The lowest BCUT2D eigenvalue weighted by Gasteiger charge is -2.22. The van der Waals surface area contributed by atoms with Crippen LogP contribution in [0.3, 0.4) is 0 Å². The van der Waals surface area contributed by atoms with Gasteiger partial charge in [-0.1, -0.05) is 30.1 Å². The quantitative estimate of drug-likeness (QED) is 0.822. The number of rotatable bonds is 1. The number of halogens is 2. The molecule has 0 radical (unpaired) electrons. The minimum absolute atomic E-state index is 0.0924. The summed E-state index contributed by atoms with van der Waals surface area (Å²) in [5.74, 6) is 0.550. The molecule has 5 heteroatoms. The molecule has 98 valence electrons. The lowest BCUT2D eigenvalue weighted by molar-refractivity contribution is 0.209. The number of carbonyl (C=O) groups is 1. The number of hydrogen-bond donors (Lipinski definition) is 1. The second kappa shape index (κ2) is 5.37. The number of nitrogens with one attached hydrogen (secondary N) is 1. The van der Waals surface area contributed by atoms with E-state index in [9.17, 15) is 4.79 Å². The molecule has 0 aromatic heterocycles. The van der Waals surface area contributed by atoms with Crippen LogP contribution in [0.15, 0.2) is 18.2 Å². The van der Waals surface area contributed by atoms with Crippen LogP contribution >= 0.6 is 23.2 Å². The molecule has 1 saturated heterocycles. The Labute approximate surface area is 117 Å². The fourth-order valence-electron chi connectivity index (χ4n) is 2.40. The summed E-state index contributed by atoms with van der Waals surface area (Å²) < 4.78 is 0. The number of amides is 2. The van der Waals surface area contributed by atoms with E-state index in [0.717, 1.165) is 13.0 Å². The van der Waals surface area contributed by atoms with Gasteiger partial charge in [0.1, 0.15) is 0 Å². The van der Waals surface area contributed by atoms with Crippen molar-refractivity contribution in [2.24, 2.45) is 5.92 Å². The van der Waals surface area contributed by atoms with Crippen molar-refractivity contribution in [2.45, 2.75) is 26.3 Å². The van der Waals surface area contributed by atoms with E-state index >= 15 is 0 Å². The van der Waals surface area contributed by atoms with Gasteiger partial charge in [-0.2, -0.15) is 0 Å². The van der Waals surface area contributed by atoms with Gasteiger partial charge in [0.2, 0.25) is 0 Å². The Balaban J connectivity index is 2.07. The number of carbonyl (C=O) groups excluding carboxylic acids is 1. The predicted octanol–water partition coefficient (Wildman–Crippen LogP) is 4.26. The molecule has 0 bridgehead atoms. The zero-order chi connectivity index (χ0) is 13.3. The van der Waals surface area contributed by atoms with Crippen LogP contribution in [-0.4, -0.2) is 23.5 Å². The molecule has 1 fully saturated rings. The number of nitrogens with zero attached hydrogens (tertiary/aromatic N) is 1. The summed E-state index contributed by atoms with van der Waals surface area (Å²) in [6.07, 6.45) is 1.05. The molecule has 2 atom stereocenters. The molecule has 1 heterocycles. The molecule has 1 N–H and O–H groups in total. The molecule has 1 aliphatic heterocycles. The van der Waals surface area contributed by atoms with E-state index in [1.807, 2.05) is 4.90 Å². The molecule has 0 aliphatic carbocycles. The maximum absolute atomic E-state index is 12.1. The van der Waals surface area contributed by atoms with Crippen LogP contribution in [0.25, 0.3) is 0 Å². The first-order valence-electron chi connectivity index (χ1n) is 5.99. The molecule has 3 nitrogen and oxygen atoms in total. The van der Waals surface area contributed by atoms with Gasteiger partial charge in [-0.15, -0.1) is 0 Å². The monoisotopic (exact) mass is 286 g/mol. The van der Waals surface area contributed by atoms with Gasteiger partial charge in [0.25, 0.3) is 0 Å². The van der Waals surface area contributed by atoms with E-state index < -0.39 is 0 Å². The van der Waals surface area contributed by atoms with E-state index in [0.29, 0.717) is 21.7 Å². The van der Waals surface area contributed by atoms with E-state index in [4.69, 9.17) is 23.2 Å². The second-order valence-corrected chi connectivity index (χ2v) is 5.80. The van der Waals surface area contributed by atoms with Crippen LogP contribution in [0, 0.1) is 5.92 Å². The Bertz CT molecular complexity index is 444. The van der Waals surface area contributed by atoms with Crippen molar-refractivity contribution in [3.63, 3.8) is 0 Å². The molecular weight excluding hydrogens is 271 g/mol. The maximum atomic E-state index is 12.1. The number of anilines is 1. The Morgan fingerprint density at radius 1 is 1.28 bits per heavy atom. The molecular formula is C13H16Cl2N2O. The second-order valence-electron chi connectivity index (χ2n) is 4.93. The van der Waals surface area contributed by atoms with Crippen molar-refractivity contribution in [3.05, 3.63) is 28.2 Å². The van der Waals surface area contributed by atoms with E-state index in [2.05, 4.69) is 19.2 Å². The zero-order valence-corrected chi connectivity index (χ0v) is 11.9. The van der Waals surface area contributed by atoms with Crippen molar-refractivity contribution < 1.29 is 4.79 Å². The average molecular weight is 287 g/mol. The lowest BCUT2D eigenvalue weighted by atomic mass is 10.1. The summed E-state index contributed by atoms with van der Waals surface area (Å²) in [4.78, 5) is 14.0. The Morgan fingerprint density at radius 2 is 1.89 bits per heavy atom. The average Bonchev–Trinajstić information content (AvgIpc) is 2.56. The van der Waals surface area contributed by atoms with Crippen molar-refractivity contribution in [1.82, 2.24) is 4.90 Å². The molecule has 2 unspecified atom stereocenters. The van der Waals surface area contributed by atoms with Gasteiger partial charge in [0.15, 0.2) is 0 Å². The number of benzene rings is 1. The van der Waals surface area contributed by atoms with Crippen molar-refractivity contribution >= 4 is 34.9 Å². The Hall–Kier alpha value is -0.930. The summed E-state index contributed by atoms with van der Waals surface area (Å²) in [7, 11) is 0. The zero-order valence-electron chi connectivity index (χ0n) is 10.4. The minimum atomic E-state index is -0.0924. The fraction of sp³-hybridized carbons (Fsp3) is 0.462. The van der Waals surface area contributed by atoms with Crippen molar-refractivity contribution in [1.29, 1.82) is 0 Å². The van der Waals surface area contributed by atoms with Crippen molar-refractivity contribution in [3.8, 4) is 0 Å². The minimum Gasteiger partial charge on any atom is -0.322 e. The molecule has 0 saturated carbocycles. The van der Waals surface area contributed by atoms with Crippen LogP contribution in [-0.2, 0) is 0 Å². The number of hydrogen-bond acceptors (Lipinski definition) is 1. The summed E-state index contributed by atoms with van der Waals surface area (Å²) in [6.45, 7) is 5.01. The van der Waals surface area contributed by atoms with Gasteiger partial charge < -0.3 is 10.2 Å². The van der Waals surface area contributed by atoms with Gasteiger partial charge in [-0.25, -0.2) is 4.79 Å². The topological polar surface area (TPSA) is 32.3 Å². The van der Waals surface area contributed by atoms with Crippen LogP contribution in [0.5, 0.6) is 0 Å². The Morgan fingerprint density at radius 3 is 2.39 bits per heavy atom. The third-order valence-electron chi connectivity index (χ3n) is 3.16. The van der Waals surface area contributed by atoms with Crippen LogP contribution in [0.1, 0.15) is 20.3 Å². The third-order valence-corrected chi connectivity index (χ3v) is 3.60. The van der Waals surface area contributed by atoms with E-state index in [1.54, 1.807) is 18.2 Å². The fourth-order valence-corrected chi connectivity index (χ4v) is 2.93. The molecule has 2 amide bonds. The van der Waals surface area contributed by atoms with Crippen molar-refractivity contribution in [2.75, 3.05) is 11.9 Å². The van der Waals surface area contributed by atoms with Gasteiger partial charge >= 0.3 is 6.03 Å². The first-order valence-corrected chi connectivity index (χ1v) is 6.75. The molecule has 1 aromatic carbocycles. The van der Waals surface area contributed by atoms with Crippen LogP contribution < -0.4 is 5.32 Å². The molecule has 1 aromatic rings. The normalized spacial score (nSPS) is 23.2. The van der Waals surface area contributed by atoms with Gasteiger partial charge in [0, 0.05) is 28.3 Å². The number of likely N-dealkylation sites (tertiary alicyclic amines) is 1. The molecule has 0 spiro atoms. The van der Waals surface area contributed by atoms with E-state index in [-0.39, 0.29) is 12.1 Å². The van der Waals surface area contributed by atoms with Gasteiger partial charge in [-0.3, -0.25) is 0 Å². The van der Waals surface area contributed by atoms with Crippen LogP contribution in [0.2, 0.25) is 10.0 Å². The smallest absolute Gasteiger partial charge is 0.322 e. The largest absolute Gasteiger partial charge is 0.322 e. The van der Waals surface area contributed by atoms with E-state index in [1.165, 1.54) is 0 Å². The highest BCUT2D eigenvalue weighted by Gasteiger charge is 2.29. The third kappa shape index (κ3) is 3.09. The lowest BCUT2D eigenvalue weighted by Crippen LogP contribution is -2.37. The highest BCUT2D eigenvalue weighted by molar-refractivity contribution is 6.35. The molecule has 18 heavy (non-hydrogen) atoms. The van der Waals surface area contributed by atoms with Crippen LogP contribution in [0.4, 0.5) is 10.5 Å². The first-order chi connectivity index (χ1) is 8.45. The number of urea groups is 1. The van der Waals surface area contributed by atoms with Gasteiger partial charge in [0.05, 0.1) is 0 Å². The summed E-state index contributed by atoms with van der Waals surface area (Å²) >= 11 is 11.8.